The number of anilines is 1. The van der Waals surface area contributed by atoms with Gasteiger partial charge in [-0.05, 0) is 31.8 Å². The summed E-state index contributed by atoms with van der Waals surface area (Å²) in [5.74, 6) is -0.343. The molecule has 150 valence electrons. The largest absolute Gasteiger partial charge is 0.337 e. The molecule has 2 heterocycles. The molecule has 0 unspecified atom stereocenters. The number of nitrogens with one attached hydrogen (secondary N) is 1. The van der Waals surface area contributed by atoms with E-state index in [4.69, 9.17) is 0 Å². The number of hydrogen-bond acceptors (Lipinski definition) is 5. The number of urea groups is 1. The number of halogens is 1. The Bertz CT molecular complexity index is 824. The Kier molecular flexibility index (Phi) is 6.58. The Labute approximate surface area is 167 Å². The zero-order valence-corrected chi connectivity index (χ0v) is 16.8. The van der Waals surface area contributed by atoms with Crippen LogP contribution in [-0.4, -0.2) is 67.0 Å². The lowest BCUT2D eigenvalue weighted by Gasteiger charge is -2.24. The topological polar surface area (TPSA) is 68.8 Å². The number of hydrogen-bond donors (Lipinski definition) is 1. The summed E-state index contributed by atoms with van der Waals surface area (Å²) in [6, 6.07) is 6.03. The molecule has 0 bridgehead atoms. The normalized spacial score (nSPS) is 13.9. The molecule has 9 heteroatoms. The van der Waals surface area contributed by atoms with E-state index in [-0.39, 0.29) is 24.2 Å². The van der Waals surface area contributed by atoms with E-state index in [2.05, 4.69) is 10.3 Å². The number of carbonyl (C=O) groups excluding carboxylic acids is 2. The fourth-order valence-electron chi connectivity index (χ4n) is 2.85. The van der Waals surface area contributed by atoms with Gasteiger partial charge in [0.25, 0.3) is 0 Å². The minimum absolute atomic E-state index is 0.0473. The van der Waals surface area contributed by atoms with Crippen LogP contribution in [0.4, 0.5) is 14.3 Å². The molecule has 2 aromatic rings. The van der Waals surface area contributed by atoms with E-state index >= 15 is 0 Å². The highest BCUT2D eigenvalue weighted by molar-refractivity contribution is 7.14. The van der Waals surface area contributed by atoms with Crippen molar-refractivity contribution in [2.24, 2.45) is 0 Å². The molecule has 0 aliphatic carbocycles. The minimum Gasteiger partial charge on any atom is -0.337 e. The molecule has 1 saturated heterocycles. The molecule has 0 radical (unpaired) electrons. The van der Waals surface area contributed by atoms with E-state index in [1.807, 2.05) is 24.4 Å². The third-order valence-electron chi connectivity index (χ3n) is 4.42. The molecule has 7 nitrogen and oxygen atoms in total. The van der Waals surface area contributed by atoms with E-state index in [1.165, 1.54) is 23.5 Å². The van der Waals surface area contributed by atoms with Crippen LogP contribution >= 0.6 is 11.3 Å². The monoisotopic (exact) mass is 405 g/mol. The first-order chi connectivity index (χ1) is 13.4. The molecule has 0 spiro atoms. The molecule has 1 aliphatic heterocycles. The number of benzene rings is 1. The van der Waals surface area contributed by atoms with Crippen molar-refractivity contribution in [3.8, 4) is 0 Å². The number of nitrogens with zero attached hydrogens (tertiary/aromatic N) is 4. The summed E-state index contributed by atoms with van der Waals surface area (Å²) in [5, 5.41) is 5.17. The Morgan fingerprint density at radius 3 is 2.68 bits per heavy atom. The van der Waals surface area contributed by atoms with Gasteiger partial charge in [0.05, 0.1) is 12.1 Å². The van der Waals surface area contributed by atoms with Gasteiger partial charge in [0.2, 0.25) is 5.91 Å². The predicted octanol–water partition coefficient (Wildman–Crippen LogP) is 1.94. The molecule has 1 aromatic heterocycles. The molecule has 3 rings (SSSR count). The average molecular weight is 405 g/mol. The molecular weight excluding hydrogens is 381 g/mol. The molecule has 1 N–H and O–H groups in total. The number of aromatic nitrogens is 1. The van der Waals surface area contributed by atoms with Crippen molar-refractivity contribution in [3.05, 3.63) is 46.7 Å². The van der Waals surface area contributed by atoms with Gasteiger partial charge in [-0.3, -0.25) is 9.69 Å². The van der Waals surface area contributed by atoms with Gasteiger partial charge in [0.15, 0.2) is 5.13 Å². The van der Waals surface area contributed by atoms with Gasteiger partial charge in [-0.25, -0.2) is 14.2 Å². The highest BCUT2D eigenvalue weighted by Gasteiger charge is 2.24. The molecule has 1 aromatic carbocycles. The smallest absolute Gasteiger partial charge is 0.323 e. The van der Waals surface area contributed by atoms with E-state index in [9.17, 15) is 14.0 Å². The number of carbonyl (C=O) groups is 2. The summed E-state index contributed by atoms with van der Waals surface area (Å²) in [7, 11) is 3.91. The fraction of sp³-hybridized carbons (Fsp3) is 0.421. The zero-order valence-electron chi connectivity index (χ0n) is 16.0. The van der Waals surface area contributed by atoms with Gasteiger partial charge >= 0.3 is 6.03 Å². The number of thiazole rings is 1. The summed E-state index contributed by atoms with van der Waals surface area (Å²) in [4.78, 5) is 34.5. The first kappa shape index (κ1) is 20.2. The quantitative estimate of drug-likeness (QED) is 0.729. The average Bonchev–Trinajstić information content (AvgIpc) is 3.28. The number of rotatable bonds is 8. The van der Waals surface area contributed by atoms with Crippen molar-refractivity contribution < 1.29 is 14.0 Å². The van der Waals surface area contributed by atoms with Gasteiger partial charge in [-0.2, -0.15) is 0 Å². The second kappa shape index (κ2) is 9.11. The van der Waals surface area contributed by atoms with Gasteiger partial charge in [0.1, 0.15) is 5.82 Å². The zero-order chi connectivity index (χ0) is 20.1. The second-order valence-electron chi connectivity index (χ2n) is 6.93. The first-order valence-corrected chi connectivity index (χ1v) is 9.97. The molecule has 0 saturated carbocycles. The van der Waals surface area contributed by atoms with Crippen molar-refractivity contribution in [1.82, 2.24) is 20.1 Å². The van der Waals surface area contributed by atoms with E-state index < -0.39 is 0 Å². The Morgan fingerprint density at radius 1 is 1.29 bits per heavy atom. The van der Waals surface area contributed by atoms with Crippen molar-refractivity contribution in [3.63, 3.8) is 0 Å². The molecular formula is C19H24FN5O2S. The summed E-state index contributed by atoms with van der Waals surface area (Å²) < 4.78 is 13.2. The molecule has 3 amide bonds. The van der Waals surface area contributed by atoms with Crippen LogP contribution < -0.4 is 10.2 Å². The van der Waals surface area contributed by atoms with Gasteiger partial charge in [-0.1, -0.05) is 12.1 Å². The van der Waals surface area contributed by atoms with Crippen molar-refractivity contribution >= 4 is 28.4 Å². The number of amides is 3. The highest BCUT2D eigenvalue weighted by Crippen LogP contribution is 2.22. The summed E-state index contributed by atoms with van der Waals surface area (Å²) in [5.41, 5.74) is 1.53. The lowest BCUT2D eigenvalue weighted by molar-refractivity contribution is -0.131. The van der Waals surface area contributed by atoms with Gasteiger partial charge < -0.3 is 15.1 Å². The van der Waals surface area contributed by atoms with Crippen LogP contribution in [0.15, 0.2) is 29.6 Å². The summed E-state index contributed by atoms with van der Waals surface area (Å²) >= 11 is 1.36. The maximum absolute atomic E-state index is 13.2. The second-order valence-corrected chi connectivity index (χ2v) is 7.76. The Morgan fingerprint density at radius 2 is 2.04 bits per heavy atom. The third-order valence-corrected chi connectivity index (χ3v) is 5.33. The van der Waals surface area contributed by atoms with Crippen LogP contribution in [0, 0.1) is 5.82 Å². The molecule has 28 heavy (non-hydrogen) atoms. The molecule has 1 aliphatic rings. The third kappa shape index (κ3) is 5.26. The maximum atomic E-state index is 13.2. The maximum Gasteiger partial charge on any atom is 0.323 e. The predicted molar refractivity (Wildman–Crippen MR) is 107 cm³/mol. The Hall–Kier alpha value is -2.52. The SMILES string of the molecule is CN(C)CCN(Cc1ccc(F)cc1)C(=O)Cc1csc(N2CCNC2=O)n1. The van der Waals surface area contributed by atoms with Crippen molar-refractivity contribution in [1.29, 1.82) is 0 Å². The van der Waals surface area contributed by atoms with E-state index in [0.717, 1.165) is 12.1 Å². The lowest BCUT2D eigenvalue weighted by Crippen LogP contribution is -2.37. The fourth-order valence-corrected chi connectivity index (χ4v) is 3.69. The molecule has 1 fully saturated rings. The lowest BCUT2D eigenvalue weighted by atomic mass is 10.2. The van der Waals surface area contributed by atoms with Crippen LogP contribution in [0.5, 0.6) is 0 Å². The Balaban J connectivity index is 1.67. The highest BCUT2D eigenvalue weighted by atomic mass is 32.1. The van der Waals surface area contributed by atoms with Crippen LogP contribution in [0.2, 0.25) is 0 Å². The summed E-state index contributed by atoms with van der Waals surface area (Å²) in [6.45, 7) is 2.89. The standard InChI is InChI=1S/C19H24FN5O2S/c1-23(2)9-10-24(12-14-3-5-15(20)6-4-14)17(26)11-16-13-28-19(22-16)25-8-7-21-18(25)27/h3-6,13H,7-12H2,1-2H3,(H,21,27). The van der Waals surface area contributed by atoms with Crippen LogP contribution in [0.1, 0.15) is 11.3 Å². The minimum atomic E-state index is -0.295. The molecule has 0 atom stereocenters. The van der Waals surface area contributed by atoms with Gasteiger partial charge in [-0.15, -0.1) is 11.3 Å². The van der Waals surface area contributed by atoms with Crippen LogP contribution in [0.25, 0.3) is 0 Å². The van der Waals surface area contributed by atoms with Crippen LogP contribution in [-0.2, 0) is 17.8 Å². The number of likely N-dealkylation sites (N-methyl/N-ethyl adjacent to an activating group) is 1. The first-order valence-electron chi connectivity index (χ1n) is 9.09. The van der Waals surface area contributed by atoms with Crippen molar-refractivity contribution in [2.45, 2.75) is 13.0 Å². The van der Waals surface area contributed by atoms with E-state index in [1.54, 1.807) is 21.9 Å². The van der Waals surface area contributed by atoms with E-state index in [0.29, 0.717) is 37.0 Å². The summed E-state index contributed by atoms with van der Waals surface area (Å²) in [6.07, 6.45) is 0.167. The van der Waals surface area contributed by atoms with Gasteiger partial charge in [0, 0.05) is 38.1 Å². The van der Waals surface area contributed by atoms with Crippen molar-refractivity contribution in [2.75, 3.05) is 45.2 Å². The van der Waals surface area contributed by atoms with Crippen LogP contribution in [0.3, 0.4) is 0 Å².